The molecule has 13 heteroatoms. The molecule has 1 aromatic carbocycles. The number of halogens is 4. The number of carbonyl (C=O) groups is 1. The van der Waals surface area contributed by atoms with Gasteiger partial charge in [0.25, 0.3) is 0 Å². The standard InChI is InChI=1S/C24H28F4N4O5/c1-15-10-19(25)20(29-23(34)32-3-2-17(14-32)37-24(26,27)28)13-18(15)16-11-21(31-4-7-35-8-5-31)30-22(12-16)36-9-6-33/h10-13,17,33H,2-9,14H2,1H3,(H,29,34)/t17-/m1/s1. The maximum Gasteiger partial charge on any atom is 0.522 e. The number of morpholine rings is 1. The van der Waals surface area contributed by atoms with Crippen LogP contribution in [0.4, 0.5) is 33.9 Å². The van der Waals surface area contributed by atoms with E-state index in [-0.39, 0.29) is 44.3 Å². The van der Waals surface area contributed by atoms with Gasteiger partial charge in [0.2, 0.25) is 5.88 Å². The molecule has 2 aliphatic heterocycles. The minimum Gasteiger partial charge on any atom is -0.475 e. The Morgan fingerprint density at radius 2 is 1.97 bits per heavy atom. The molecule has 2 fully saturated rings. The Balaban J connectivity index is 1.58. The van der Waals surface area contributed by atoms with Crippen LogP contribution < -0.4 is 15.0 Å². The van der Waals surface area contributed by atoms with Crippen LogP contribution in [-0.4, -0.2) is 86.1 Å². The summed E-state index contributed by atoms with van der Waals surface area (Å²) in [6.07, 6.45) is -5.94. The molecule has 0 aliphatic carbocycles. The molecule has 2 N–H and O–H groups in total. The van der Waals surface area contributed by atoms with E-state index >= 15 is 0 Å². The molecule has 9 nitrogen and oxygen atoms in total. The zero-order valence-corrected chi connectivity index (χ0v) is 20.2. The number of likely N-dealkylation sites (tertiary alicyclic amines) is 1. The number of nitrogens with zero attached hydrogens (tertiary/aromatic N) is 3. The maximum atomic E-state index is 14.8. The van der Waals surface area contributed by atoms with Crippen LogP contribution in [0.3, 0.4) is 0 Å². The van der Waals surface area contributed by atoms with Gasteiger partial charge in [-0.15, -0.1) is 13.2 Å². The van der Waals surface area contributed by atoms with Crippen LogP contribution in [0.25, 0.3) is 11.1 Å². The van der Waals surface area contributed by atoms with Crippen LogP contribution in [-0.2, 0) is 9.47 Å². The van der Waals surface area contributed by atoms with Crippen molar-refractivity contribution in [1.82, 2.24) is 9.88 Å². The number of ether oxygens (including phenoxy) is 3. The lowest BCUT2D eigenvalue weighted by molar-refractivity contribution is -0.340. The summed E-state index contributed by atoms with van der Waals surface area (Å²) in [7, 11) is 0. The first-order valence-corrected chi connectivity index (χ1v) is 11.8. The number of rotatable bonds is 7. The summed E-state index contributed by atoms with van der Waals surface area (Å²) in [5.41, 5.74) is 1.72. The number of amides is 2. The molecule has 1 atom stereocenters. The fourth-order valence-corrected chi connectivity index (χ4v) is 4.30. The normalized spacial score (nSPS) is 18.3. The number of carbonyl (C=O) groups excluding carboxylic acids is 1. The topological polar surface area (TPSA) is 96.4 Å². The van der Waals surface area contributed by atoms with Gasteiger partial charge in [-0.2, -0.15) is 4.98 Å². The van der Waals surface area contributed by atoms with E-state index in [1.165, 1.54) is 12.1 Å². The van der Waals surface area contributed by atoms with Gasteiger partial charge in [0.05, 0.1) is 31.6 Å². The van der Waals surface area contributed by atoms with Gasteiger partial charge in [-0.1, -0.05) is 0 Å². The first-order chi connectivity index (χ1) is 17.6. The Bertz CT molecular complexity index is 1110. The third kappa shape index (κ3) is 6.99. The van der Waals surface area contributed by atoms with Crippen molar-refractivity contribution in [2.75, 3.05) is 62.8 Å². The molecular formula is C24H28F4N4O5. The maximum absolute atomic E-state index is 14.8. The van der Waals surface area contributed by atoms with Gasteiger partial charge >= 0.3 is 12.4 Å². The van der Waals surface area contributed by atoms with Crippen LogP contribution >= 0.6 is 0 Å². The van der Waals surface area contributed by atoms with Crippen molar-refractivity contribution in [2.24, 2.45) is 0 Å². The van der Waals surface area contributed by atoms with Gasteiger partial charge in [-0.25, -0.2) is 9.18 Å². The molecule has 2 aliphatic rings. The molecule has 2 aromatic rings. The van der Waals surface area contributed by atoms with Gasteiger partial charge in [-0.3, -0.25) is 4.74 Å². The molecule has 4 rings (SSSR count). The number of hydrogen-bond donors (Lipinski definition) is 2. The third-order valence-corrected chi connectivity index (χ3v) is 6.06. The lowest BCUT2D eigenvalue weighted by Gasteiger charge is -2.28. The van der Waals surface area contributed by atoms with E-state index in [0.29, 0.717) is 48.8 Å². The number of aliphatic hydroxyl groups is 1. The number of aliphatic hydroxyl groups excluding tert-OH is 1. The number of pyridine rings is 1. The lowest BCUT2D eigenvalue weighted by atomic mass is 10.00. The zero-order valence-electron chi connectivity index (χ0n) is 20.2. The number of benzene rings is 1. The average molecular weight is 529 g/mol. The summed E-state index contributed by atoms with van der Waals surface area (Å²) in [5, 5.41) is 11.6. The molecule has 3 heterocycles. The summed E-state index contributed by atoms with van der Waals surface area (Å²) in [6.45, 7) is 3.66. The van der Waals surface area contributed by atoms with Crippen molar-refractivity contribution in [3.05, 3.63) is 35.6 Å². The van der Waals surface area contributed by atoms with Gasteiger partial charge in [0.15, 0.2) is 0 Å². The highest BCUT2D eigenvalue weighted by Gasteiger charge is 2.38. The van der Waals surface area contributed by atoms with Crippen LogP contribution in [0, 0.1) is 12.7 Å². The minimum absolute atomic E-state index is 0.0203. The van der Waals surface area contributed by atoms with Crippen molar-refractivity contribution in [3.8, 4) is 17.0 Å². The predicted molar refractivity (Wildman–Crippen MR) is 126 cm³/mol. The SMILES string of the molecule is Cc1cc(F)c(NC(=O)N2CC[C@@H](OC(F)(F)F)C2)cc1-c1cc(OCCO)nc(N2CCOCC2)c1. The number of urea groups is 1. The Labute approximate surface area is 210 Å². The van der Waals surface area contributed by atoms with Crippen molar-refractivity contribution in [1.29, 1.82) is 0 Å². The number of nitrogens with one attached hydrogen (secondary N) is 1. The Morgan fingerprint density at radius 1 is 1.22 bits per heavy atom. The Hall–Kier alpha value is -3.16. The van der Waals surface area contributed by atoms with Gasteiger partial charge in [0.1, 0.15) is 18.2 Å². The minimum atomic E-state index is -4.79. The summed E-state index contributed by atoms with van der Waals surface area (Å²) >= 11 is 0. The second-order valence-corrected chi connectivity index (χ2v) is 8.72. The molecule has 0 unspecified atom stereocenters. The second kappa shape index (κ2) is 11.5. The Kier molecular flexibility index (Phi) is 8.35. The number of alkyl halides is 3. The highest BCUT2D eigenvalue weighted by atomic mass is 19.4. The molecule has 0 bridgehead atoms. The van der Waals surface area contributed by atoms with E-state index in [9.17, 15) is 22.4 Å². The van der Waals surface area contributed by atoms with Crippen molar-refractivity contribution >= 4 is 17.5 Å². The van der Waals surface area contributed by atoms with E-state index in [2.05, 4.69) is 15.0 Å². The molecule has 202 valence electrons. The smallest absolute Gasteiger partial charge is 0.475 e. The van der Waals surface area contributed by atoms with Crippen molar-refractivity contribution in [3.63, 3.8) is 0 Å². The summed E-state index contributed by atoms with van der Waals surface area (Å²) < 4.78 is 67.3. The predicted octanol–water partition coefficient (Wildman–Crippen LogP) is 3.55. The van der Waals surface area contributed by atoms with E-state index in [4.69, 9.17) is 14.6 Å². The average Bonchev–Trinajstić information content (AvgIpc) is 3.31. The van der Waals surface area contributed by atoms with Crippen molar-refractivity contribution in [2.45, 2.75) is 25.8 Å². The van der Waals surface area contributed by atoms with Gasteiger partial charge in [-0.05, 0) is 48.2 Å². The van der Waals surface area contributed by atoms with Gasteiger partial charge < -0.3 is 29.7 Å². The second-order valence-electron chi connectivity index (χ2n) is 8.72. The zero-order chi connectivity index (χ0) is 26.6. The summed E-state index contributed by atoms with van der Waals surface area (Å²) in [5.74, 6) is 0.210. The van der Waals surface area contributed by atoms with E-state index in [1.54, 1.807) is 13.0 Å². The van der Waals surface area contributed by atoms with Crippen LogP contribution in [0.2, 0.25) is 0 Å². The van der Waals surface area contributed by atoms with Crippen molar-refractivity contribution < 1.29 is 41.7 Å². The van der Waals surface area contributed by atoms with E-state index in [1.807, 2.05) is 11.0 Å². The van der Waals surface area contributed by atoms with Crippen LogP contribution in [0.15, 0.2) is 24.3 Å². The fourth-order valence-electron chi connectivity index (χ4n) is 4.30. The highest BCUT2D eigenvalue weighted by molar-refractivity contribution is 5.91. The molecule has 2 saturated heterocycles. The Morgan fingerprint density at radius 3 is 2.68 bits per heavy atom. The van der Waals surface area contributed by atoms with Crippen LogP contribution in [0.1, 0.15) is 12.0 Å². The number of aryl methyl sites for hydroxylation is 1. The fraction of sp³-hybridized carbons (Fsp3) is 0.500. The first kappa shape index (κ1) is 26.9. The molecule has 0 spiro atoms. The number of aromatic nitrogens is 1. The lowest BCUT2D eigenvalue weighted by Crippen LogP contribution is -2.36. The first-order valence-electron chi connectivity index (χ1n) is 11.8. The monoisotopic (exact) mass is 528 g/mol. The largest absolute Gasteiger partial charge is 0.522 e. The van der Waals surface area contributed by atoms with E-state index < -0.39 is 24.3 Å². The third-order valence-electron chi connectivity index (χ3n) is 6.06. The van der Waals surface area contributed by atoms with E-state index in [0.717, 1.165) is 4.90 Å². The van der Waals surface area contributed by atoms with Crippen LogP contribution in [0.5, 0.6) is 5.88 Å². The molecule has 0 saturated carbocycles. The highest BCUT2D eigenvalue weighted by Crippen LogP contribution is 2.34. The summed E-state index contributed by atoms with van der Waals surface area (Å²) in [6, 6.07) is 5.50. The molecule has 1 aromatic heterocycles. The molecule has 2 amide bonds. The summed E-state index contributed by atoms with van der Waals surface area (Å²) in [4.78, 5) is 20.4. The van der Waals surface area contributed by atoms with Gasteiger partial charge in [0, 0.05) is 32.2 Å². The molecule has 37 heavy (non-hydrogen) atoms. The quantitative estimate of drug-likeness (QED) is 0.531. The molecule has 0 radical (unpaired) electrons. The number of anilines is 2. The number of hydrogen-bond acceptors (Lipinski definition) is 7. The molecular weight excluding hydrogens is 500 g/mol.